The van der Waals surface area contributed by atoms with Crippen molar-refractivity contribution in [2.75, 3.05) is 31.1 Å². The lowest BCUT2D eigenvalue weighted by atomic mass is 10.1. The Morgan fingerprint density at radius 3 is 2.71 bits per heavy atom. The first-order valence-electron chi connectivity index (χ1n) is 6.01. The standard InChI is InChI=1S/C11H22N2S/c1-2-6-13(7-3-1)12-9-11-5-4-8-14-10-11/h11-12H,1-10H2. The van der Waals surface area contributed by atoms with Gasteiger partial charge in [-0.15, -0.1) is 0 Å². The van der Waals surface area contributed by atoms with Crippen molar-refractivity contribution in [2.24, 2.45) is 5.92 Å². The lowest BCUT2D eigenvalue weighted by Gasteiger charge is -2.30. The Labute approximate surface area is 91.8 Å². The number of hydrazine groups is 1. The lowest BCUT2D eigenvalue weighted by Crippen LogP contribution is -2.44. The normalized spacial score (nSPS) is 30.4. The monoisotopic (exact) mass is 214 g/mol. The van der Waals surface area contributed by atoms with Crippen molar-refractivity contribution >= 4 is 11.8 Å². The predicted octanol–water partition coefficient (Wildman–Crippen LogP) is 2.12. The van der Waals surface area contributed by atoms with Crippen molar-refractivity contribution in [1.82, 2.24) is 10.4 Å². The summed E-state index contributed by atoms with van der Waals surface area (Å²) in [6.07, 6.45) is 7.06. The first kappa shape index (κ1) is 10.8. The van der Waals surface area contributed by atoms with Gasteiger partial charge < -0.3 is 0 Å². The van der Waals surface area contributed by atoms with E-state index in [9.17, 15) is 0 Å². The van der Waals surface area contributed by atoms with E-state index in [1.807, 2.05) is 0 Å². The van der Waals surface area contributed by atoms with Crippen LogP contribution in [-0.4, -0.2) is 36.1 Å². The van der Waals surface area contributed by atoms with Crippen LogP contribution in [0.15, 0.2) is 0 Å². The van der Waals surface area contributed by atoms with Crippen LogP contribution in [0, 0.1) is 5.92 Å². The molecule has 2 rings (SSSR count). The highest BCUT2D eigenvalue weighted by Crippen LogP contribution is 2.21. The molecule has 0 aliphatic carbocycles. The van der Waals surface area contributed by atoms with E-state index in [1.165, 1.54) is 63.2 Å². The molecule has 2 aliphatic rings. The average Bonchev–Trinajstić information content (AvgIpc) is 2.29. The van der Waals surface area contributed by atoms with E-state index in [-0.39, 0.29) is 0 Å². The third-order valence-corrected chi connectivity index (χ3v) is 4.50. The molecule has 2 nitrogen and oxygen atoms in total. The Morgan fingerprint density at radius 2 is 2.00 bits per heavy atom. The van der Waals surface area contributed by atoms with E-state index in [2.05, 4.69) is 22.2 Å². The second kappa shape index (κ2) is 5.99. The van der Waals surface area contributed by atoms with Gasteiger partial charge in [-0.2, -0.15) is 11.8 Å². The summed E-state index contributed by atoms with van der Waals surface area (Å²) in [5.41, 5.74) is 3.61. The molecule has 2 aliphatic heterocycles. The van der Waals surface area contributed by atoms with Crippen LogP contribution in [0.1, 0.15) is 32.1 Å². The van der Waals surface area contributed by atoms with E-state index in [0.29, 0.717) is 0 Å². The Bertz CT molecular complexity index is 133. The van der Waals surface area contributed by atoms with Crippen molar-refractivity contribution in [3.63, 3.8) is 0 Å². The molecule has 2 saturated heterocycles. The number of nitrogens with one attached hydrogen (secondary N) is 1. The van der Waals surface area contributed by atoms with Crippen LogP contribution in [0.3, 0.4) is 0 Å². The molecule has 0 bridgehead atoms. The second-order valence-corrected chi connectivity index (χ2v) is 5.64. The molecule has 0 radical (unpaired) electrons. The quantitative estimate of drug-likeness (QED) is 0.775. The predicted molar refractivity (Wildman–Crippen MR) is 63.5 cm³/mol. The molecule has 0 aromatic rings. The van der Waals surface area contributed by atoms with E-state index in [0.717, 1.165) is 5.92 Å². The third kappa shape index (κ3) is 3.44. The molecular weight excluding hydrogens is 192 g/mol. The number of thioether (sulfide) groups is 1. The van der Waals surface area contributed by atoms with Crippen LogP contribution in [0.4, 0.5) is 0 Å². The SMILES string of the molecule is C1CCN(NCC2CCCSC2)CC1. The average molecular weight is 214 g/mol. The summed E-state index contributed by atoms with van der Waals surface area (Å²) in [6, 6.07) is 0. The summed E-state index contributed by atoms with van der Waals surface area (Å²) in [4.78, 5) is 0. The van der Waals surface area contributed by atoms with Gasteiger partial charge in [-0.1, -0.05) is 6.42 Å². The van der Waals surface area contributed by atoms with Crippen LogP contribution >= 0.6 is 11.8 Å². The molecule has 0 aromatic carbocycles. The van der Waals surface area contributed by atoms with Crippen LogP contribution in [0.2, 0.25) is 0 Å². The minimum absolute atomic E-state index is 0.927. The Morgan fingerprint density at radius 1 is 1.14 bits per heavy atom. The molecule has 0 spiro atoms. The largest absolute Gasteiger partial charge is 0.255 e. The van der Waals surface area contributed by atoms with Gasteiger partial charge in [-0.25, -0.2) is 5.01 Å². The fraction of sp³-hybridized carbons (Fsp3) is 1.00. The zero-order valence-electron chi connectivity index (χ0n) is 9.00. The molecule has 1 N–H and O–H groups in total. The highest BCUT2D eigenvalue weighted by Gasteiger charge is 2.15. The van der Waals surface area contributed by atoms with Gasteiger partial charge in [0.1, 0.15) is 0 Å². The van der Waals surface area contributed by atoms with Crippen LogP contribution in [-0.2, 0) is 0 Å². The molecule has 2 heterocycles. The maximum absolute atomic E-state index is 3.61. The van der Waals surface area contributed by atoms with Gasteiger partial charge in [-0.3, -0.25) is 5.43 Å². The van der Waals surface area contributed by atoms with Gasteiger partial charge in [-0.05, 0) is 43.1 Å². The van der Waals surface area contributed by atoms with Gasteiger partial charge in [0.05, 0.1) is 0 Å². The highest BCUT2D eigenvalue weighted by molar-refractivity contribution is 7.99. The first-order chi connectivity index (χ1) is 6.95. The second-order valence-electron chi connectivity index (χ2n) is 4.49. The number of hydrogen-bond acceptors (Lipinski definition) is 3. The van der Waals surface area contributed by atoms with Gasteiger partial charge >= 0.3 is 0 Å². The Hall–Kier alpha value is 0.270. The maximum Gasteiger partial charge on any atom is 0.0138 e. The summed E-state index contributed by atoms with van der Waals surface area (Å²) < 4.78 is 0. The molecule has 82 valence electrons. The van der Waals surface area contributed by atoms with Crippen molar-refractivity contribution in [3.8, 4) is 0 Å². The Kier molecular flexibility index (Phi) is 4.61. The minimum atomic E-state index is 0.927. The smallest absolute Gasteiger partial charge is 0.0138 e. The Balaban J connectivity index is 1.60. The molecule has 0 aromatic heterocycles. The first-order valence-corrected chi connectivity index (χ1v) is 7.17. The fourth-order valence-electron chi connectivity index (χ4n) is 2.28. The van der Waals surface area contributed by atoms with Gasteiger partial charge in [0.2, 0.25) is 0 Å². The number of piperidine rings is 1. The summed E-state index contributed by atoms with van der Waals surface area (Å²) in [6.45, 7) is 3.74. The van der Waals surface area contributed by atoms with E-state index in [1.54, 1.807) is 0 Å². The number of nitrogens with zero attached hydrogens (tertiary/aromatic N) is 1. The molecule has 14 heavy (non-hydrogen) atoms. The molecule has 3 heteroatoms. The highest BCUT2D eigenvalue weighted by atomic mass is 32.2. The summed E-state index contributed by atoms with van der Waals surface area (Å²) in [7, 11) is 0. The van der Waals surface area contributed by atoms with Gasteiger partial charge in [0.15, 0.2) is 0 Å². The molecule has 0 saturated carbocycles. The number of rotatable bonds is 3. The van der Waals surface area contributed by atoms with Gasteiger partial charge in [0.25, 0.3) is 0 Å². The minimum Gasteiger partial charge on any atom is -0.255 e. The number of hydrogen-bond donors (Lipinski definition) is 1. The molecule has 1 atom stereocenters. The molecule has 0 amide bonds. The summed E-state index contributed by atoms with van der Waals surface area (Å²) in [5.74, 6) is 3.69. The van der Waals surface area contributed by atoms with Crippen LogP contribution < -0.4 is 5.43 Å². The third-order valence-electron chi connectivity index (χ3n) is 3.21. The molecule has 2 fully saturated rings. The van der Waals surface area contributed by atoms with Crippen LogP contribution in [0.25, 0.3) is 0 Å². The zero-order valence-corrected chi connectivity index (χ0v) is 9.82. The van der Waals surface area contributed by atoms with Crippen LogP contribution in [0.5, 0.6) is 0 Å². The van der Waals surface area contributed by atoms with Crippen molar-refractivity contribution in [1.29, 1.82) is 0 Å². The van der Waals surface area contributed by atoms with Gasteiger partial charge in [0, 0.05) is 19.6 Å². The summed E-state index contributed by atoms with van der Waals surface area (Å²) in [5, 5.41) is 2.43. The molecule has 1 unspecified atom stereocenters. The fourth-order valence-corrected chi connectivity index (χ4v) is 3.43. The molecular formula is C11H22N2S. The maximum atomic E-state index is 3.61. The van der Waals surface area contributed by atoms with E-state index < -0.39 is 0 Å². The van der Waals surface area contributed by atoms with E-state index in [4.69, 9.17) is 0 Å². The summed E-state index contributed by atoms with van der Waals surface area (Å²) >= 11 is 2.13. The van der Waals surface area contributed by atoms with Crippen molar-refractivity contribution in [2.45, 2.75) is 32.1 Å². The topological polar surface area (TPSA) is 15.3 Å². The lowest BCUT2D eigenvalue weighted by molar-refractivity contribution is 0.144. The van der Waals surface area contributed by atoms with Crippen molar-refractivity contribution < 1.29 is 0 Å². The van der Waals surface area contributed by atoms with E-state index >= 15 is 0 Å². The van der Waals surface area contributed by atoms with Crippen molar-refractivity contribution in [3.05, 3.63) is 0 Å². The zero-order chi connectivity index (χ0) is 9.64.